The van der Waals surface area contributed by atoms with Crippen molar-refractivity contribution >= 4 is 5.97 Å². The van der Waals surface area contributed by atoms with Gasteiger partial charge in [0.05, 0.1) is 6.61 Å². The maximum Gasteiger partial charge on any atom is 0.302 e. The topological polar surface area (TPSA) is 35.5 Å². The van der Waals surface area contributed by atoms with Crippen molar-refractivity contribution in [2.45, 2.75) is 26.2 Å². The lowest BCUT2D eigenvalue weighted by atomic mass is 10.3. The highest BCUT2D eigenvalue weighted by atomic mass is 16.5. The molecule has 0 radical (unpaired) electrons. The molecule has 0 saturated heterocycles. The maximum atomic E-state index is 10.4. The minimum Gasteiger partial charge on any atom is -0.466 e. The molecule has 0 amide bonds. The standard InChI is InChI=1S/C10H18O3/c1-3-4-7-12-8-5-6-9-13-10(2)11/h3H,1,4-9H2,2H3. The van der Waals surface area contributed by atoms with Gasteiger partial charge < -0.3 is 9.47 Å². The molecule has 0 atom stereocenters. The van der Waals surface area contributed by atoms with Crippen LogP contribution in [0.1, 0.15) is 26.2 Å². The first-order valence-electron chi connectivity index (χ1n) is 4.59. The molecular formula is C10H18O3. The van der Waals surface area contributed by atoms with Crippen LogP contribution in [0.4, 0.5) is 0 Å². The van der Waals surface area contributed by atoms with Gasteiger partial charge in [0.2, 0.25) is 0 Å². The van der Waals surface area contributed by atoms with Gasteiger partial charge in [-0.25, -0.2) is 0 Å². The molecule has 0 aromatic rings. The lowest BCUT2D eigenvalue weighted by molar-refractivity contribution is -0.141. The van der Waals surface area contributed by atoms with Gasteiger partial charge in [0.15, 0.2) is 0 Å². The van der Waals surface area contributed by atoms with E-state index in [0.29, 0.717) is 6.61 Å². The van der Waals surface area contributed by atoms with Crippen LogP contribution in [0.3, 0.4) is 0 Å². The number of hydrogen-bond acceptors (Lipinski definition) is 3. The Morgan fingerprint density at radius 2 is 2.00 bits per heavy atom. The molecule has 0 rings (SSSR count). The Bertz CT molecular complexity index is 143. The molecule has 0 aliphatic heterocycles. The van der Waals surface area contributed by atoms with Crippen molar-refractivity contribution in [3.8, 4) is 0 Å². The van der Waals surface area contributed by atoms with Crippen molar-refractivity contribution in [3.05, 3.63) is 12.7 Å². The summed E-state index contributed by atoms with van der Waals surface area (Å²) in [7, 11) is 0. The van der Waals surface area contributed by atoms with Gasteiger partial charge in [-0.2, -0.15) is 0 Å². The molecule has 0 aromatic heterocycles. The fourth-order valence-corrected chi connectivity index (χ4v) is 0.791. The molecule has 76 valence electrons. The van der Waals surface area contributed by atoms with Crippen LogP contribution in [0.25, 0.3) is 0 Å². The molecule has 13 heavy (non-hydrogen) atoms. The molecule has 0 N–H and O–H groups in total. The van der Waals surface area contributed by atoms with Gasteiger partial charge in [0.25, 0.3) is 0 Å². The van der Waals surface area contributed by atoms with E-state index in [9.17, 15) is 4.79 Å². The molecular weight excluding hydrogens is 168 g/mol. The first-order chi connectivity index (χ1) is 6.27. The fraction of sp³-hybridized carbons (Fsp3) is 0.700. The summed E-state index contributed by atoms with van der Waals surface area (Å²) in [5, 5.41) is 0. The Kier molecular flexibility index (Phi) is 8.67. The zero-order valence-electron chi connectivity index (χ0n) is 8.25. The average molecular weight is 186 g/mol. The number of rotatable bonds is 8. The minimum absolute atomic E-state index is 0.215. The number of hydrogen-bond donors (Lipinski definition) is 0. The summed E-state index contributed by atoms with van der Waals surface area (Å²) in [6.07, 6.45) is 4.53. The molecule has 3 nitrogen and oxygen atoms in total. The van der Waals surface area contributed by atoms with Crippen molar-refractivity contribution in [2.75, 3.05) is 19.8 Å². The third kappa shape index (κ3) is 11.2. The van der Waals surface area contributed by atoms with E-state index in [1.54, 1.807) is 0 Å². The SMILES string of the molecule is C=CCCOCCCCOC(C)=O. The summed E-state index contributed by atoms with van der Waals surface area (Å²) in [5.41, 5.74) is 0. The van der Waals surface area contributed by atoms with Crippen molar-refractivity contribution in [3.63, 3.8) is 0 Å². The van der Waals surface area contributed by atoms with E-state index in [4.69, 9.17) is 9.47 Å². The van der Waals surface area contributed by atoms with E-state index in [-0.39, 0.29) is 5.97 Å². The second-order valence-electron chi connectivity index (χ2n) is 2.74. The van der Waals surface area contributed by atoms with Crippen LogP contribution in [-0.2, 0) is 14.3 Å². The maximum absolute atomic E-state index is 10.4. The van der Waals surface area contributed by atoms with Gasteiger partial charge in [-0.1, -0.05) is 6.08 Å². The van der Waals surface area contributed by atoms with Crippen LogP contribution in [-0.4, -0.2) is 25.8 Å². The lowest BCUT2D eigenvalue weighted by Crippen LogP contribution is -2.02. The number of carbonyl (C=O) groups excluding carboxylic acids is 1. The number of carbonyl (C=O) groups is 1. The third-order valence-electron chi connectivity index (χ3n) is 1.45. The Labute approximate surface area is 79.7 Å². The van der Waals surface area contributed by atoms with Gasteiger partial charge in [-0.3, -0.25) is 4.79 Å². The Balaban J connectivity index is 2.91. The van der Waals surface area contributed by atoms with Crippen LogP contribution in [0.5, 0.6) is 0 Å². The van der Waals surface area contributed by atoms with Crippen molar-refractivity contribution in [2.24, 2.45) is 0 Å². The summed E-state index contributed by atoms with van der Waals surface area (Å²) in [6, 6.07) is 0. The molecule has 0 aromatic carbocycles. The molecule has 0 aliphatic carbocycles. The van der Waals surface area contributed by atoms with E-state index in [0.717, 1.165) is 32.5 Å². The molecule has 0 fully saturated rings. The summed E-state index contributed by atoms with van der Waals surface area (Å²) in [5.74, 6) is -0.215. The quantitative estimate of drug-likeness (QED) is 0.330. The predicted octanol–water partition coefficient (Wildman–Crippen LogP) is 1.92. The molecule has 0 unspecified atom stereocenters. The summed E-state index contributed by atoms with van der Waals surface area (Å²) < 4.78 is 10.0. The van der Waals surface area contributed by atoms with E-state index in [1.165, 1.54) is 6.92 Å². The monoisotopic (exact) mass is 186 g/mol. The van der Waals surface area contributed by atoms with Gasteiger partial charge in [0.1, 0.15) is 0 Å². The highest BCUT2D eigenvalue weighted by Crippen LogP contribution is 1.92. The minimum atomic E-state index is -0.215. The molecule has 0 saturated carbocycles. The number of unbranched alkanes of at least 4 members (excludes halogenated alkanes) is 1. The number of esters is 1. The van der Waals surface area contributed by atoms with Crippen molar-refractivity contribution in [1.29, 1.82) is 0 Å². The molecule has 0 aliphatic rings. The largest absolute Gasteiger partial charge is 0.466 e. The van der Waals surface area contributed by atoms with Gasteiger partial charge in [-0.05, 0) is 19.3 Å². The molecule has 0 heterocycles. The van der Waals surface area contributed by atoms with Gasteiger partial charge in [-0.15, -0.1) is 6.58 Å². The average Bonchev–Trinajstić information content (AvgIpc) is 2.09. The van der Waals surface area contributed by atoms with E-state index < -0.39 is 0 Å². The summed E-state index contributed by atoms with van der Waals surface area (Å²) in [4.78, 5) is 10.4. The predicted molar refractivity (Wildman–Crippen MR) is 51.5 cm³/mol. The Morgan fingerprint density at radius 1 is 1.31 bits per heavy atom. The second kappa shape index (κ2) is 9.26. The van der Waals surface area contributed by atoms with Crippen molar-refractivity contribution in [1.82, 2.24) is 0 Å². The zero-order valence-corrected chi connectivity index (χ0v) is 8.25. The molecule has 0 spiro atoms. The van der Waals surface area contributed by atoms with E-state index in [2.05, 4.69) is 6.58 Å². The first kappa shape index (κ1) is 12.2. The van der Waals surface area contributed by atoms with Crippen LogP contribution < -0.4 is 0 Å². The lowest BCUT2D eigenvalue weighted by Gasteiger charge is -2.02. The van der Waals surface area contributed by atoms with Crippen LogP contribution in [0, 0.1) is 0 Å². The van der Waals surface area contributed by atoms with Crippen LogP contribution in [0.15, 0.2) is 12.7 Å². The Hall–Kier alpha value is -0.830. The Morgan fingerprint density at radius 3 is 2.62 bits per heavy atom. The second-order valence-corrected chi connectivity index (χ2v) is 2.74. The van der Waals surface area contributed by atoms with Crippen LogP contribution in [0.2, 0.25) is 0 Å². The normalized spacial score (nSPS) is 9.62. The summed E-state index contributed by atoms with van der Waals surface area (Å²) in [6.45, 7) is 6.97. The van der Waals surface area contributed by atoms with Gasteiger partial charge >= 0.3 is 5.97 Å². The molecule has 0 bridgehead atoms. The van der Waals surface area contributed by atoms with E-state index >= 15 is 0 Å². The smallest absolute Gasteiger partial charge is 0.302 e. The van der Waals surface area contributed by atoms with E-state index in [1.807, 2.05) is 6.08 Å². The number of ether oxygens (including phenoxy) is 2. The molecule has 3 heteroatoms. The first-order valence-corrected chi connectivity index (χ1v) is 4.59. The summed E-state index contributed by atoms with van der Waals surface area (Å²) >= 11 is 0. The third-order valence-corrected chi connectivity index (χ3v) is 1.45. The highest BCUT2D eigenvalue weighted by molar-refractivity contribution is 5.65. The van der Waals surface area contributed by atoms with Crippen molar-refractivity contribution < 1.29 is 14.3 Å². The van der Waals surface area contributed by atoms with Gasteiger partial charge in [0, 0.05) is 20.1 Å². The fourth-order valence-electron chi connectivity index (χ4n) is 0.791. The van der Waals surface area contributed by atoms with Crippen LogP contribution >= 0.6 is 0 Å². The zero-order chi connectivity index (χ0) is 9.94. The highest BCUT2D eigenvalue weighted by Gasteiger charge is 1.92.